The number of hydrogen-bond donors (Lipinski definition) is 0. The van der Waals surface area contributed by atoms with E-state index >= 15 is 0 Å². The highest BCUT2D eigenvalue weighted by Crippen LogP contribution is 2.18. The van der Waals surface area contributed by atoms with Crippen molar-refractivity contribution in [2.75, 3.05) is 0 Å². The van der Waals surface area contributed by atoms with Crippen molar-refractivity contribution in [3.05, 3.63) is 65.1 Å². The number of hydrogen-bond acceptors (Lipinski definition) is 2. The Morgan fingerprint density at radius 3 is 2.39 bits per heavy atom. The van der Waals surface area contributed by atoms with Crippen LogP contribution in [-0.4, -0.2) is 9.55 Å². The molecule has 3 rings (SSSR count). The number of fused-ring (bicyclic) bond motifs is 1. The molecule has 0 aliphatic heterocycles. The molecule has 0 aliphatic rings. The average Bonchev–Trinajstić information content (AvgIpc) is 2.40. The van der Waals surface area contributed by atoms with E-state index in [0.29, 0.717) is 0 Å². The van der Waals surface area contributed by atoms with E-state index in [2.05, 4.69) is 4.98 Å². The van der Waals surface area contributed by atoms with Gasteiger partial charge in [-0.25, -0.2) is 4.98 Å². The van der Waals surface area contributed by atoms with Gasteiger partial charge in [-0.05, 0) is 31.2 Å². The minimum Gasteiger partial charge on any atom is -0.289 e. The van der Waals surface area contributed by atoms with Gasteiger partial charge in [0.05, 0.1) is 5.52 Å². The molecule has 18 heavy (non-hydrogen) atoms. The molecule has 0 saturated heterocycles. The van der Waals surface area contributed by atoms with Gasteiger partial charge in [0, 0.05) is 11.1 Å². The zero-order chi connectivity index (χ0) is 12.5. The monoisotopic (exact) mass is 252 g/mol. The average molecular weight is 252 g/mol. The first-order valence-corrected chi connectivity index (χ1v) is 6.22. The Balaban J connectivity index is 2.41. The molecule has 2 nitrogen and oxygen atoms in total. The summed E-state index contributed by atoms with van der Waals surface area (Å²) in [6, 6.07) is 18.1. The predicted molar refractivity (Wildman–Crippen MR) is 76.6 cm³/mol. The quantitative estimate of drug-likeness (QED) is 0.608. The molecule has 2 aromatic carbocycles. The third kappa shape index (κ3) is 1.73. The molecule has 0 atom stereocenters. The zero-order valence-corrected chi connectivity index (χ0v) is 10.8. The Kier molecular flexibility index (Phi) is 2.68. The summed E-state index contributed by atoms with van der Waals surface area (Å²) in [7, 11) is 0. The lowest BCUT2D eigenvalue weighted by Crippen LogP contribution is -2.04. The lowest BCUT2D eigenvalue weighted by Gasteiger charge is -2.12. The van der Waals surface area contributed by atoms with E-state index in [1.807, 2.05) is 66.1 Å². The van der Waals surface area contributed by atoms with Crippen molar-refractivity contribution >= 4 is 23.1 Å². The fourth-order valence-corrected chi connectivity index (χ4v) is 2.53. The van der Waals surface area contributed by atoms with E-state index in [4.69, 9.17) is 12.2 Å². The van der Waals surface area contributed by atoms with E-state index < -0.39 is 0 Å². The molecule has 0 saturated carbocycles. The van der Waals surface area contributed by atoms with E-state index in [1.165, 1.54) is 0 Å². The van der Waals surface area contributed by atoms with Gasteiger partial charge in [0.2, 0.25) is 0 Å². The Morgan fingerprint density at radius 1 is 0.944 bits per heavy atom. The third-order valence-electron chi connectivity index (χ3n) is 2.96. The molecule has 0 N–H and O–H groups in total. The Bertz CT molecular complexity index is 760. The fourth-order valence-electron chi connectivity index (χ4n) is 2.12. The van der Waals surface area contributed by atoms with Gasteiger partial charge in [-0.1, -0.05) is 42.5 Å². The first-order chi connectivity index (χ1) is 8.77. The molecule has 0 unspecified atom stereocenters. The van der Waals surface area contributed by atoms with Crippen LogP contribution in [0.15, 0.2) is 54.6 Å². The van der Waals surface area contributed by atoms with Crippen molar-refractivity contribution in [2.24, 2.45) is 0 Å². The minimum absolute atomic E-state index is 0.810. The summed E-state index contributed by atoms with van der Waals surface area (Å²) in [5, 5.41) is 1.02. The maximum atomic E-state index is 5.59. The van der Waals surface area contributed by atoms with Gasteiger partial charge in [-0.3, -0.25) is 4.57 Å². The van der Waals surface area contributed by atoms with E-state index in [0.717, 1.165) is 27.1 Å². The van der Waals surface area contributed by atoms with Gasteiger partial charge in [0.25, 0.3) is 0 Å². The van der Waals surface area contributed by atoms with Gasteiger partial charge >= 0.3 is 0 Å². The lowest BCUT2D eigenvalue weighted by molar-refractivity contribution is 0.917. The standard InChI is InChI=1S/C15H12N2S/c1-11-16-14-10-6-5-9-13(14)15(18)17(11)12-7-3-2-4-8-12/h2-10H,1H3. The first-order valence-electron chi connectivity index (χ1n) is 5.81. The van der Waals surface area contributed by atoms with Crippen LogP contribution >= 0.6 is 12.2 Å². The molecule has 0 spiro atoms. The number of rotatable bonds is 1. The van der Waals surface area contributed by atoms with E-state index in [9.17, 15) is 0 Å². The molecule has 0 amide bonds. The van der Waals surface area contributed by atoms with Crippen LogP contribution in [0.25, 0.3) is 16.6 Å². The van der Waals surface area contributed by atoms with Crippen LogP contribution < -0.4 is 0 Å². The van der Waals surface area contributed by atoms with Crippen LogP contribution in [0.1, 0.15) is 5.82 Å². The molecule has 1 aromatic heterocycles. The SMILES string of the molecule is Cc1nc2ccccc2c(=S)n1-c1ccccc1. The van der Waals surface area contributed by atoms with Crippen LogP contribution in [0.3, 0.4) is 0 Å². The normalized spacial score (nSPS) is 10.7. The Labute approximate surface area is 111 Å². The van der Waals surface area contributed by atoms with Crippen molar-refractivity contribution in [1.29, 1.82) is 0 Å². The molecular weight excluding hydrogens is 240 g/mol. The molecule has 1 heterocycles. The minimum atomic E-state index is 0.810. The predicted octanol–water partition coefficient (Wildman–Crippen LogP) is 4.06. The van der Waals surface area contributed by atoms with Crippen LogP contribution in [0.2, 0.25) is 0 Å². The van der Waals surface area contributed by atoms with Crippen molar-refractivity contribution in [3.63, 3.8) is 0 Å². The van der Waals surface area contributed by atoms with E-state index in [1.54, 1.807) is 0 Å². The summed E-state index contributed by atoms with van der Waals surface area (Å²) in [4.78, 5) is 4.61. The van der Waals surface area contributed by atoms with Crippen molar-refractivity contribution in [3.8, 4) is 5.69 Å². The number of para-hydroxylation sites is 2. The topological polar surface area (TPSA) is 17.8 Å². The van der Waals surface area contributed by atoms with Crippen molar-refractivity contribution in [1.82, 2.24) is 9.55 Å². The summed E-state index contributed by atoms with van der Waals surface area (Å²) in [6.07, 6.45) is 0. The van der Waals surface area contributed by atoms with Crippen LogP contribution in [0.4, 0.5) is 0 Å². The van der Waals surface area contributed by atoms with Gasteiger partial charge in [0.15, 0.2) is 0 Å². The molecule has 0 aliphatic carbocycles. The summed E-state index contributed by atoms with van der Waals surface area (Å²) >= 11 is 5.59. The van der Waals surface area contributed by atoms with Gasteiger partial charge < -0.3 is 0 Å². The highest BCUT2D eigenvalue weighted by molar-refractivity contribution is 7.71. The van der Waals surface area contributed by atoms with Gasteiger partial charge in [0.1, 0.15) is 10.5 Å². The second-order valence-electron chi connectivity index (χ2n) is 4.15. The smallest absolute Gasteiger partial charge is 0.121 e. The molecule has 0 radical (unpaired) electrons. The van der Waals surface area contributed by atoms with Crippen LogP contribution in [-0.2, 0) is 0 Å². The molecule has 0 fully saturated rings. The number of benzene rings is 2. The van der Waals surface area contributed by atoms with Crippen LogP contribution in [0.5, 0.6) is 0 Å². The summed E-state index contributed by atoms with van der Waals surface area (Å²) in [5.41, 5.74) is 2.01. The Morgan fingerprint density at radius 2 is 1.61 bits per heavy atom. The highest BCUT2D eigenvalue weighted by Gasteiger charge is 2.05. The maximum Gasteiger partial charge on any atom is 0.121 e. The molecule has 88 valence electrons. The summed E-state index contributed by atoms with van der Waals surface area (Å²) in [6.45, 7) is 1.98. The van der Waals surface area contributed by atoms with Gasteiger partial charge in [-0.2, -0.15) is 0 Å². The largest absolute Gasteiger partial charge is 0.289 e. The number of nitrogens with zero attached hydrogens (tertiary/aromatic N) is 2. The molecule has 3 aromatic rings. The molecule has 0 bridgehead atoms. The molecule has 3 heteroatoms. The lowest BCUT2D eigenvalue weighted by atomic mass is 10.2. The van der Waals surface area contributed by atoms with E-state index in [-0.39, 0.29) is 0 Å². The summed E-state index contributed by atoms with van der Waals surface area (Å²) < 4.78 is 2.82. The Hall–Kier alpha value is -2.00. The van der Waals surface area contributed by atoms with Crippen LogP contribution in [0, 0.1) is 11.6 Å². The molecular formula is C15H12N2S. The number of aromatic nitrogens is 2. The zero-order valence-electron chi connectivity index (χ0n) is 10.00. The van der Waals surface area contributed by atoms with Crippen molar-refractivity contribution in [2.45, 2.75) is 6.92 Å². The fraction of sp³-hybridized carbons (Fsp3) is 0.0667. The van der Waals surface area contributed by atoms with Crippen molar-refractivity contribution < 1.29 is 0 Å². The van der Waals surface area contributed by atoms with Gasteiger partial charge in [-0.15, -0.1) is 0 Å². The number of aryl methyl sites for hydroxylation is 1. The second-order valence-corrected chi connectivity index (χ2v) is 4.54. The highest BCUT2D eigenvalue weighted by atomic mass is 32.1. The third-order valence-corrected chi connectivity index (χ3v) is 3.36. The summed E-state index contributed by atoms with van der Waals surface area (Å²) in [5.74, 6) is 0.907. The first kappa shape index (κ1) is 11.1. The second kappa shape index (κ2) is 4.35. The maximum absolute atomic E-state index is 5.59.